The number of carbonyl (C=O) groups is 1. The first-order valence-electron chi connectivity index (χ1n) is 7.31. The summed E-state index contributed by atoms with van der Waals surface area (Å²) in [5, 5.41) is 5.82. The van der Waals surface area contributed by atoms with Crippen molar-refractivity contribution in [2.24, 2.45) is 0 Å². The number of hydrogen-bond acceptors (Lipinski definition) is 6. The van der Waals surface area contributed by atoms with Crippen molar-refractivity contribution < 1.29 is 14.3 Å². The van der Waals surface area contributed by atoms with Crippen molar-refractivity contribution >= 4 is 17.4 Å². The zero-order valence-electron chi connectivity index (χ0n) is 13.9. The first-order valence-corrected chi connectivity index (χ1v) is 7.31. The zero-order chi connectivity index (χ0) is 17.5. The fourth-order valence-electron chi connectivity index (χ4n) is 2.05. The van der Waals surface area contributed by atoms with E-state index in [1.165, 1.54) is 7.11 Å². The van der Waals surface area contributed by atoms with E-state index >= 15 is 0 Å². The van der Waals surface area contributed by atoms with Gasteiger partial charge in [-0.2, -0.15) is 0 Å². The Hall–Kier alpha value is -3.09. The van der Waals surface area contributed by atoms with Gasteiger partial charge in [0.1, 0.15) is 28.8 Å². The number of nitrogens with zero attached hydrogens (tertiary/aromatic N) is 2. The van der Waals surface area contributed by atoms with Crippen molar-refractivity contribution in [3.8, 4) is 11.5 Å². The lowest BCUT2D eigenvalue weighted by Crippen LogP contribution is -2.16. The van der Waals surface area contributed by atoms with Crippen LogP contribution in [-0.2, 0) is 0 Å². The molecular formula is C17H20N4O3. The number of anilines is 2. The van der Waals surface area contributed by atoms with Gasteiger partial charge in [-0.15, -0.1) is 6.58 Å². The molecule has 7 heteroatoms. The van der Waals surface area contributed by atoms with Crippen LogP contribution in [0.15, 0.2) is 36.9 Å². The molecule has 126 valence electrons. The van der Waals surface area contributed by atoms with Gasteiger partial charge in [-0.05, 0) is 19.1 Å². The van der Waals surface area contributed by atoms with Gasteiger partial charge in [0, 0.05) is 18.7 Å². The van der Waals surface area contributed by atoms with E-state index in [1.807, 2.05) is 0 Å². The molecule has 0 atom stereocenters. The highest BCUT2D eigenvalue weighted by atomic mass is 16.5. The van der Waals surface area contributed by atoms with Gasteiger partial charge in [0.15, 0.2) is 0 Å². The Morgan fingerprint density at radius 3 is 2.71 bits per heavy atom. The van der Waals surface area contributed by atoms with Crippen LogP contribution in [0.5, 0.6) is 11.5 Å². The van der Waals surface area contributed by atoms with Crippen LogP contribution in [-0.4, -0.2) is 36.6 Å². The van der Waals surface area contributed by atoms with Crippen molar-refractivity contribution in [2.75, 3.05) is 31.4 Å². The van der Waals surface area contributed by atoms with Gasteiger partial charge in [0.05, 0.1) is 19.9 Å². The second-order valence-corrected chi connectivity index (χ2v) is 4.88. The Kier molecular flexibility index (Phi) is 5.73. The molecule has 2 N–H and O–H groups in total. The van der Waals surface area contributed by atoms with E-state index < -0.39 is 0 Å². The van der Waals surface area contributed by atoms with Crippen molar-refractivity contribution in [3.63, 3.8) is 0 Å². The summed E-state index contributed by atoms with van der Waals surface area (Å²) in [4.78, 5) is 20.9. The molecular weight excluding hydrogens is 308 g/mol. The molecule has 1 amide bonds. The zero-order valence-corrected chi connectivity index (χ0v) is 13.9. The van der Waals surface area contributed by atoms with Gasteiger partial charge < -0.3 is 20.1 Å². The number of hydrogen-bond donors (Lipinski definition) is 2. The minimum atomic E-state index is -0.367. The van der Waals surface area contributed by atoms with E-state index in [2.05, 4.69) is 27.2 Å². The van der Waals surface area contributed by atoms with Gasteiger partial charge in [-0.25, -0.2) is 9.97 Å². The standard InChI is InChI=1S/C17H20N4O3/c1-5-8-18-16-10-14(19-11(2)20-16)17(22)21-13-9-12(23-3)6-7-15(13)24-4/h5-7,9-10H,1,8H2,2-4H3,(H,21,22)(H,18,19,20). The minimum absolute atomic E-state index is 0.249. The third-order valence-electron chi connectivity index (χ3n) is 3.15. The molecule has 1 heterocycles. The molecule has 2 rings (SSSR count). The molecule has 1 aromatic heterocycles. The summed E-state index contributed by atoms with van der Waals surface area (Å²) in [6, 6.07) is 6.73. The molecule has 0 fully saturated rings. The van der Waals surface area contributed by atoms with Gasteiger partial charge >= 0.3 is 0 Å². The lowest BCUT2D eigenvalue weighted by atomic mass is 10.2. The molecule has 0 radical (unpaired) electrons. The summed E-state index contributed by atoms with van der Waals surface area (Å²) in [6.45, 7) is 5.90. The van der Waals surface area contributed by atoms with Crippen molar-refractivity contribution in [1.29, 1.82) is 0 Å². The number of carbonyl (C=O) groups excluding carboxylic acids is 1. The fraction of sp³-hybridized carbons (Fsp3) is 0.235. The summed E-state index contributed by atoms with van der Waals surface area (Å²) in [7, 11) is 3.09. The highest BCUT2D eigenvalue weighted by Crippen LogP contribution is 2.29. The first-order chi connectivity index (χ1) is 11.6. The van der Waals surface area contributed by atoms with Crippen LogP contribution in [0.25, 0.3) is 0 Å². The summed E-state index contributed by atoms with van der Waals surface area (Å²) in [5.41, 5.74) is 0.748. The van der Waals surface area contributed by atoms with Gasteiger partial charge in [0.25, 0.3) is 5.91 Å². The number of nitrogens with one attached hydrogen (secondary N) is 2. The van der Waals surface area contributed by atoms with Crippen LogP contribution in [0, 0.1) is 6.92 Å². The number of aryl methyl sites for hydroxylation is 1. The molecule has 0 saturated carbocycles. The maximum atomic E-state index is 12.5. The number of amides is 1. The minimum Gasteiger partial charge on any atom is -0.497 e. The summed E-state index contributed by atoms with van der Waals surface area (Å²) < 4.78 is 10.4. The highest BCUT2D eigenvalue weighted by molar-refractivity contribution is 6.04. The van der Waals surface area contributed by atoms with Crippen LogP contribution in [0.1, 0.15) is 16.3 Å². The summed E-state index contributed by atoms with van der Waals surface area (Å²) in [6.07, 6.45) is 1.71. The van der Waals surface area contributed by atoms with E-state index in [0.29, 0.717) is 35.4 Å². The monoisotopic (exact) mass is 328 g/mol. The Balaban J connectivity index is 2.26. The highest BCUT2D eigenvalue weighted by Gasteiger charge is 2.14. The van der Waals surface area contributed by atoms with E-state index in [-0.39, 0.29) is 11.6 Å². The molecule has 7 nitrogen and oxygen atoms in total. The van der Waals surface area contributed by atoms with Crippen LogP contribution in [0.4, 0.5) is 11.5 Å². The molecule has 0 aliphatic rings. The Morgan fingerprint density at radius 2 is 2.04 bits per heavy atom. The molecule has 0 unspecified atom stereocenters. The van der Waals surface area contributed by atoms with E-state index in [9.17, 15) is 4.79 Å². The van der Waals surface area contributed by atoms with Crippen LogP contribution in [0.3, 0.4) is 0 Å². The number of methoxy groups -OCH3 is 2. The van der Waals surface area contributed by atoms with E-state index in [4.69, 9.17) is 9.47 Å². The lowest BCUT2D eigenvalue weighted by molar-refractivity contribution is 0.102. The smallest absolute Gasteiger partial charge is 0.274 e. The average molecular weight is 328 g/mol. The third-order valence-corrected chi connectivity index (χ3v) is 3.15. The molecule has 0 aliphatic heterocycles. The van der Waals surface area contributed by atoms with Gasteiger partial charge in [0.2, 0.25) is 0 Å². The third kappa shape index (κ3) is 4.22. The Bertz CT molecular complexity index is 747. The van der Waals surface area contributed by atoms with Gasteiger partial charge in [-0.3, -0.25) is 4.79 Å². The first kappa shape index (κ1) is 17.3. The maximum Gasteiger partial charge on any atom is 0.274 e. The second kappa shape index (κ2) is 7.96. The lowest BCUT2D eigenvalue weighted by Gasteiger charge is -2.12. The summed E-state index contributed by atoms with van der Waals surface area (Å²) in [5.74, 6) is 1.82. The van der Waals surface area contributed by atoms with Crippen molar-refractivity contribution in [1.82, 2.24) is 9.97 Å². The molecule has 0 spiro atoms. The molecule has 1 aromatic carbocycles. The fourth-order valence-corrected chi connectivity index (χ4v) is 2.05. The Morgan fingerprint density at radius 1 is 1.25 bits per heavy atom. The van der Waals surface area contributed by atoms with Crippen molar-refractivity contribution in [3.05, 3.63) is 48.4 Å². The summed E-state index contributed by atoms with van der Waals surface area (Å²) >= 11 is 0. The van der Waals surface area contributed by atoms with Crippen LogP contribution >= 0.6 is 0 Å². The molecule has 0 saturated heterocycles. The van der Waals surface area contributed by atoms with Crippen LogP contribution < -0.4 is 20.1 Å². The topological polar surface area (TPSA) is 85.4 Å². The average Bonchev–Trinajstić information content (AvgIpc) is 2.59. The second-order valence-electron chi connectivity index (χ2n) is 4.88. The normalized spacial score (nSPS) is 9.96. The van der Waals surface area contributed by atoms with E-state index in [0.717, 1.165) is 0 Å². The predicted octanol–water partition coefficient (Wildman–Crippen LogP) is 2.65. The maximum absolute atomic E-state index is 12.5. The largest absolute Gasteiger partial charge is 0.497 e. The van der Waals surface area contributed by atoms with Gasteiger partial charge in [-0.1, -0.05) is 6.08 Å². The molecule has 0 bridgehead atoms. The molecule has 0 aliphatic carbocycles. The Labute approximate surface area is 140 Å². The number of benzene rings is 1. The number of ether oxygens (including phenoxy) is 2. The van der Waals surface area contributed by atoms with Crippen molar-refractivity contribution in [2.45, 2.75) is 6.92 Å². The predicted molar refractivity (Wildman–Crippen MR) is 93.0 cm³/mol. The number of rotatable bonds is 7. The molecule has 24 heavy (non-hydrogen) atoms. The molecule has 2 aromatic rings. The van der Waals surface area contributed by atoms with E-state index in [1.54, 1.807) is 44.4 Å². The SMILES string of the molecule is C=CCNc1cc(C(=O)Nc2cc(OC)ccc2OC)nc(C)n1. The number of aromatic nitrogens is 2. The van der Waals surface area contributed by atoms with Crippen LogP contribution in [0.2, 0.25) is 0 Å². The quantitative estimate of drug-likeness (QED) is 0.760.